The standard InChI is InChI=1S/C26H27N3O2/c1-19-9-7-11-21(17-19)26(30)27-18-25-28-22-12-4-5-13-23(22)29(25)15-8-16-31-24-14-6-3-10-20(24)2/h3-7,9-14,17H,8,15-16,18H2,1-2H3,(H,27,30). The molecule has 0 atom stereocenters. The molecule has 0 radical (unpaired) electrons. The van der Waals surface area contributed by atoms with Gasteiger partial charge < -0.3 is 14.6 Å². The van der Waals surface area contributed by atoms with E-state index in [-0.39, 0.29) is 5.91 Å². The van der Waals surface area contributed by atoms with Crippen LogP contribution in [0.3, 0.4) is 0 Å². The van der Waals surface area contributed by atoms with E-state index < -0.39 is 0 Å². The van der Waals surface area contributed by atoms with E-state index in [1.165, 1.54) is 0 Å². The van der Waals surface area contributed by atoms with Crippen LogP contribution in [0.2, 0.25) is 0 Å². The SMILES string of the molecule is Cc1cccc(C(=O)NCc2nc3ccccc3n2CCCOc2ccccc2C)c1. The van der Waals surface area contributed by atoms with Crippen LogP contribution in [0.1, 0.15) is 33.7 Å². The Kier molecular flexibility index (Phi) is 6.32. The molecule has 158 valence electrons. The second-order valence-electron chi connectivity index (χ2n) is 7.69. The number of nitrogens with one attached hydrogen (secondary N) is 1. The number of imidazole rings is 1. The van der Waals surface area contributed by atoms with Gasteiger partial charge in [0.15, 0.2) is 0 Å². The highest BCUT2D eigenvalue weighted by atomic mass is 16.5. The molecule has 4 rings (SSSR count). The number of nitrogens with zero attached hydrogens (tertiary/aromatic N) is 2. The number of aromatic nitrogens is 2. The average Bonchev–Trinajstić information content (AvgIpc) is 3.13. The minimum Gasteiger partial charge on any atom is -0.493 e. The lowest BCUT2D eigenvalue weighted by atomic mass is 10.1. The fraction of sp³-hybridized carbons (Fsp3) is 0.231. The van der Waals surface area contributed by atoms with Crippen LogP contribution < -0.4 is 10.1 Å². The molecule has 1 aromatic heterocycles. The Hall–Kier alpha value is -3.60. The number of carbonyl (C=O) groups is 1. The zero-order valence-corrected chi connectivity index (χ0v) is 18.0. The van der Waals surface area contributed by atoms with Gasteiger partial charge >= 0.3 is 0 Å². The third kappa shape index (κ3) is 4.94. The lowest BCUT2D eigenvalue weighted by Crippen LogP contribution is -2.25. The van der Waals surface area contributed by atoms with Gasteiger partial charge in [-0.15, -0.1) is 0 Å². The van der Waals surface area contributed by atoms with Crippen LogP contribution in [0.5, 0.6) is 5.75 Å². The monoisotopic (exact) mass is 413 g/mol. The summed E-state index contributed by atoms with van der Waals surface area (Å²) >= 11 is 0. The van der Waals surface area contributed by atoms with E-state index >= 15 is 0 Å². The molecule has 0 aliphatic heterocycles. The Morgan fingerprint density at radius 3 is 2.65 bits per heavy atom. The number of fused-ring (bicyclic) bond motifs is 1. The van der Waals surface area contributed by atoms with E-state index in [4.69, 9.17) is 9.72 Å². The van der Waals surface area contributed by atoms with E-state index in [0.29, 0.717) is 18.7 Å². The number of rotatable bonds is 8. The van der Waals surface area contributed by atoms with Crippen LogP contribution >= 0.6 is 0 Å². The number of hydrogen-bond donors (Lipinski definition) is 1. The minimum absolute atomic E-state index is 0.0924. The summed E-state index contributed by atoms with van der Waals surface area (Å²) in [5, 5.41) is 3.01. The van der Waals surface area contributed by atoms with Crippen molar-refractivity contribution in [2.75, 3.05) is 6.61 Å². The van der Waals surface area contributed by atoms with Crippen LogP contribution in [0.15, 0.2) is 72.8 Å². The molecule has 1 amide bonds. The highest BCUT2D eigenvalue weighted by Crippen LogP contribution is 2.19. The summed E-state index contributed by atoms with van der Waals surface area (Å²) in [6, 6.07) is 23.7. The van der Waals surface area contributed by atoms with E-state index in [1.807, 2.05) is 80.6 Å². The zero-order chi connectivity index (χ0) is 21.6. The first kappa shape index (κ1) is 20.7. The lowest BCUT2D eigenvalue weighted by Gasteiger charge is -2.12. The molecule has 1 heterocycles. The Bertz CT molecular complexity index is 1200. The maximum atomic E-state index is 12.6. The molecule has 31 heavy (non-hydrogen) atoms. The Balaban J connectivity index is 1.44. The molecule has 0 unspecified atom stereocenters. The summed E-state index contributed by atoms with van der Waals surface area (Å²) in [6.07, 6.45) is 0.841. The van der Waals surface area contributed by atoms with Crippen molar-refractivity contribution in [2.24, 2.45) is 0 Å². The molecule has 0 saturated carbocycles. The molecule has 0 aliphatic rings. The maximum Gasteiger partial charge on any atom is 0.251 e. The van der Waals surface area contributed by atoms with Crippen LogP contribution in [0, 0.1) is 13.8 Å². The van der Waals surface area contributed by atoms with E-state index in [1.54, 1.807) is 0 Å². The van der Waals surface area contributed by atoms with Crippen molar-refractivity contribution in [3.8, 4) is 5.75 Å². The van der Waals surface area contributed by atoms with Crippen LogP contribution in [0.25, 0.3) is 11.0 Å². The fourth-order valence-corrected chi connectivity index (χ4v) is 3.68. The first-order chi connectivity index (χ1) is 15.1. The van der Waals surface area contributed by atoms with Crippen LogP contribution in [0.4, 0.5) is 0 Å². The van der Waals surface area contributed by atoms with Gasteiger partial charge in [-0.25, -0.2) is 4.98 Å². The van der Waals surface area contributed by atoms with Crippen LogP contribution in [-0.4, -0.2) is 22.1 Å². The average molecular weight is 414 g/mol. The molecule has 0 bridgehead atoms. The van der Waals surface area contributed by atoms with Gasteiger partial charge in [0.1, 0.15) is 11.6 Å². The highest BCUT2D eigenvalue weighted by Gasteiger charge is 2.12. The number of amides is 1. The molecule has 5 nitrogen and oxygen atoms in total. The van der Waals surface area contributed by atoms with Crippen LogP contribution in [-0.2, 0) is 13.1 Å². The molecule has 0 spiro atoms. The Labute approximate surface area is 182 Å². The summed E-state index contributed by atoms with van der Waals surface area (Å²) in [5.41, 5.74) is 4.86. The Morgan fingerprint density at radius 2 is 1.81 bits per heavy atom. The predicted molar refractivity (Wildman–Crippen MR) is 123 cm³/mol. The zero-order valence-electron chi connectivity index (χ0n) is 18.0. The van der Waals surface area contributed by atoms with Crippen molar-refractivity contribution in [1.82, 2.24) is 14.9 Å². The molecule has 1 N–H and O–H groups in total. The third-order valence-electron chi connectivity index (χ3n) is 5.30. The van der Waals surface area contributed by atoms with E-state index in [0.717, 1.165) is 46.7 Å². The number of aryl methyl sites for hydroxylation is 3. The van der Waals surface area contributed by atoms with Gasteiger partial charge in [0.25, 0.3) is 5.91 Å². The first-order valence-corrected chi connectivity index (χ1v) is 10.6. The van der Waals surface area contributed by atoms with Crippen molar-refractivity contribution in [1.29, 1.82) is 0 Å². The van der Waals surface area contributed by atoms with Gasteiger partial charge in [-0.05, 0) is 56.2 Å². The molecular formula is C26H27N3O2. The Morgan fingerprint density at radius 1 is 1.00 bits per heavy atom. The first-order valence-electron chi connectivity index (χ1n) is 10.6. The van der Waals surface area contributed by atoms with Gasteiger partial charge in [0.2, 0.25) is 0 Å². The molecule has 5 heteroatoms. The van der Waals surface area contributed by atoms with Crippen molar-refractivity contribution in [3.05, 3.63) is 95.3 Å². The van der Waals surface area contributed by atoms with Gasteiger partial charge in [0.05, 0.1) is 24.2 Å². The molecular weight excluding hydrogens is 386 g/mol. The summed E-state index contributed by atoms with van der Waals surface area (Å²) in [6.45, 7) is 5.79. The van der Waals surface area contributed by atoms with Gasteiger partial charge in [-0.3, -0.25) is 4.79 Å². The molecule has 0 saturated heterocycles. The summed E-state index contributed by atoms with van der Waals surface area (Å²) in [4.78, 5) is 17.3. The fourth-order valence-electron chi connectivity index (χ4n) is 3.68. The predicted octanol–water partition coefficient (Wildman–Crippen LogP) is 5.05. The summed E-state index contributed by atoms with van der Waals surface area (Å²) in [5.74, 6) is 1.67. The highest BCUT2D eigenvalue weighted by molar-refractivity contribution is 5.94. The van der Waals surface area contributed by atoms with E-state index in [9.17, 15) is 4.79 Å². The number of carbonyl (C=O) groups excluding carboxylic acids is 1. The van der Waals surface area contributed by atoms with Crippen molar-refractivity contribution >= 4 is 16.9 Å². The number of benzene rings is 3. The quantitative estimate of drug-likeness (QED) is 0.411. The molecule has 4 aromatic rings. The van der Waals surface area contributed by atoms with Gasteiger partial charge in [-0.1, -0.05) is 48.0 Å². The second kappa shape index (κ2) is 9.47. The van der Waals surface area contributed by atoms with Crippen molar-refractivity contribution < 1.29 is 9.53 Å². The van der Waals surface area contributed by atoms with Crippen molar-refractivity contribution in [3.63, 3.8) is 0 Å². The lowest BCUT2D eigenvalue weighted by molar-refractivity contribution is 0.0949. The normalized spacial score (nSPS) is 10.9. The van der Waals surface area contributed by atoms with Gasteiger partial charge in [-0.2, -0.15) is 0 Å². The molecule has 0 aliphatic carbocycles. The summed E-state index contributed by atoms with van der Waals surface area (Å²) in [7, 11) is 0. The molecule has 3 aromatic carbocycles. The number of ether oxygens (including phenoxy) is 1. The molecule has 0 fully saturated rings. The minimum atomic E-state index is -0.0924. The maximum absolute atomic E-state index is 12.6. The van der Waals surface area contributed by atoms with E-state index in [2.05, 4.69) is 16.0 Å². The smallest absolute Gasteiger partial charge is 0.251 e. The number of para-hydroxylation sites is 3. The second-order valence-corrected chi connectivity index (χ2v) is 7.69. The third-order valence-corrected chi connectivity index (χ3v) is 5.30. The topological polar surface area (TPSA) is 56.2 Å². The number of hydrogen-bond acceptors (Lipinski definition) is 3. The summed E-state index contributed by atoms with van der Waals surface area (Å²) < 4.78 is 8.12. The van der Waals surface area contributed by atoms with Gasteiger partial charge in [0, 0.05) is 12.1 Å². The van der Waals surface area contributed by atoms with Crippen molar-refractivity contribution in [2.45, 2.75) is 33.4 Å². The largest absolute Gasteiger partial charge is 0.493 e.